The molecule has 0 saturated carbocycles. The average molecular weight is 264 g/mol. The van der Waals surface area contributed by atoms with Gasteiger partial charge in [0.1, 0.15) is 5.75 Å². The van der Waals surface area contributed by atoms with Crippen LogP contribution in [0.15, 0.2) is 24.3 Å². The van der Waals surface area contributed by atoms with Gasteiger partial charge in [-0.2, -0.15) is 0 Å². The fourth-order valence-electron chi connectivity index (χ4n) is 1.45. The van der Waals surface area contributed by atoms with E-state index in [-0.39, 0.29) is 25.5 Å². The average Bonchev–Trinajstić information content (AvgIpc) is 2.36. The van der Waals surface area contributed by atoms with Gasteiger partial charge in [-0.05, 0) is 23.6 Å². The highest BCUT2D eigenvalue weighted by atomic mass is 16.5. The van der Waals surface area contributed by atoms with Crippen molar-refractivity contribution in [3.63, 3.8) is 0 Å². The molecule has 19 heavy (non-hydrogen) atoms. The molecule has 0 fully saturated rings. The van der Waals surface area contributed by atoms with Crippen molar-refractivity contribution in [3.05, 3.63) is 29.8 Å². The van der Waals surface area contributed by atoms with Gasteiger partial charge in [-0.25, -0.2) is 0 Å². The van der Waals surface area contributed by atoms with Crippen molar-refractivity contribution < 1.29 is 19.4 Å². The minimum absolute atomic E-state index is 0.0524. The van der Waals surface area contributed by atoms with Crippen molar-refractivity contribution in [2.45, 2.75) is 26.2 Å². The maximum absolute atomic E-state index is 11.3. The minimum Gasteiger partial charge on any atom is -0.550 e. The second-order valence-electron chi connectivity index (χ2n) is 4.48. The smallest absolute Gasteiger partial charge is 0.257 e. The van der Waals surface area contributed by atoms with E-state index in [1.807, 2.05) is 24.3 Å². The van der Waals surface area contributed by atoms with Crippen LogP contribution in [0.2, 0.25) is 0 Å². The molecule has 1 aromatic carbocycles. The molecule has 0 unspecified atom stereocenters. The molecule has 1 N–H and O–H groups in total. The zero-order chi connectivity index (χ0) is 14.3. The van der Waals surface area contributed by atoms with Crippen LogP contribution in [0.1, 0.15) is 31.7 Å². The summed E-state index contributed by atoms with van der Waals surface area (Å²) in [6.07, 6.45) is -0.200. The molecule has 1 amide bonds. The van der Waals surface area contributed by atoms with Crippen molar-refractivity contribution in [3.8, 4) is 5.75 Å². The molecule has 0 aliphatic carbocycles. The Hall–Kier alpha value is -2.04. The zero-order valence-electron chi connectivity index (χ0n) is 11.1. The molecule has 0 saturated heterocycles. The molecule has 0 aliphatic heterocycles. The quantitative estimate of drug-likeness (QED) is 0.775. The molecule has 0 heterocycles. The Morgan fingerprint density at radius 3 is 2.42 bits per heavy atom. The van der Waals surface area contributed by atoms with E-state index >= 15 is 0 Å². The van der Waals surface area contributed by atoms with E-state index in [4.69, 9.17) is 4.74 Å². The molecule has 104 valence electrons. The van der Waals surface area contributed by atoms with Crippen molar-refractivity contribution in [2.24, 2.45) is 0 Å². The number of carbonyl (C=O) groups excluding carboxylic acids is 2. The van der Waals surface area contributed by atoms with Gasteiger partial charge in [0.25, 0.3) is 5.91 Å². The number of amides is 1. The van der Waals surface area contributed by atoms with Crippen LogP contribution in [-0.4, -0.2) is 25.0 Å². The van der Waals surface area contributed by atoms with Gasteiger partial charge in [0.2, 0.25) is 0 Å². The number of nitrogens with one attached hydrogen (secondary N) is 1. The summed E-state index contributed by atoms with van der Waals surface area (Å²) >= 11 is 0. The van der Waals surface area contributed by atoms with Gasteiger partial charge in [-0.1, -0.05) is 26.0 Å². The minimum atomic E-state index is -1.19. The molecule has 1 aromatic rings. The van der Waals surface area contributed by atoms with Crippen LogP contribution in [0.3, 0.4) is 0 Å². The van der Waals surface area contributed by atoms with Crippen molar-refractivity contribution in [1.29, 1.82) is 0 Å². The van der Waals surface area contributed by atoms with Gasteiger partial charge in [-0.15, -0.1) is 0 Å². The van der Waals surface area contributed by atoms with E-state index in [1.165, 1.54) is 5.56 Å². The number of carbonyl (C=O) groups is 2. The Morgan fingerprint density at radius 1 is 1.26 bits per heavy atom. The predicted molar refractivity (Wildman–Crippen MR) is 68.7 cm³/mol. The third-order valence-electron chi connectivity index (χ3n) is 2.57. The molecule has 0 aliphatic rings. The fourth-order valence-corrected chi connectivity index (χ4v) is 1.45. The summed E-state index contributed by atoms with van der Waals surface area (Å²) < 4.78 is 5.28. The van der Waals surface area contributed by atoms with Crippen molar-refractivity contribution in [1.82, 2.24) is 5.32 Å². The van der Waals surface area contributed by atoms with Gasteiger partial charge in [0, 0.05) is 18.9 Å². The lowest BCUT2D eigenvalue weighted by Crippen LogP contribution is -2.33. The van der Waals surface area contributed by atoms with Crippen molar-refractivity contribution in [2.75, 3.05) is 13.2 Å². The van der Waals surface area contributed by atoms with Gasteiger partial charge < -0.3 is 20.0 Å². The predicted octanol–water partition coefficient (Wildman–Crippen LogP) is 0.445. The van der Waals surface area contributed by atoms with Crippen LogP contribution in [0, 0.1) is 0 Å². The number of ether oxygens (including phenoxy) is 1. The molecular weight excluding hydrogens is 246 g/mol. The van der Waals surface area contributed by atoms with E-state index in [2.05, 4.69) is 19.2 Å². The molecule has 5 heteroatoms. The molecule has 0 bridgehead atoms. The van der Waals surface area contributed by atoms with E-state index < -0.39 is 5.97 Å². The highest BCUT2D eigenvalue weighted by Gasteiger charge is 2.03. The summed E-state index contributed by atoms with van der Waals surface area (Å²) in [5.41, 5.74) is 1.20. The van der Waals surface area contributed by atoms with Crippen LogP contribution in [-0.2, 0) is 9.59 Å². The zero-order valence-corrected chi connectivity index (χ0v) is 11.1. The molecule has 0 atom stereocenters. The van der Waals surface area contributed by atoms with Crippen molar-refractivity contribution >= 4 is 11.9 Å². The largest absolute Gasteiger partial charge is 0.550 e. The number of carboxylic acid groups (broad SMARTS) is 1. The monoisotopic (exact) mass is 264 g/mol. The lowest BCUT2D eigenvalue weighted by molar-refractivity contribution is -0.305. The van der Waals surface area contributed by atoms with Gasteiger partial charge in [0.15, 0.2) is 6.61 Å². The lowest BCUT2D eigenvalue weighted by atomic mass is 10.0. The standard InChI is InChI=1S/C14H19NO4/c1-10(2)11-3-5-12(6-4-11)19-9-13(16)15-8-7-14(17)18/h3-6,10H,7-9H2,1-2H3,(H,15,16)(H,17,18)/p-1. The number of aliphatic carboxylic acids is 1. The highest BCUT2D eigenvalue weighted by Crippen LogP contribution is 2.18. The topological polar surface area (TPSA) is 78.5 Å². The van der Waals surface area contributed by atoms with Gasteiger partial charge >= 0.3 is 0 Å². The lowest BCUT2D eigenvalue weighted by Gasteiger charge is -2.09. The van der Waals surface area contributed by atoms with Crippen LogP contribution >= 0.6 is 0 Å². The number of carboxylic acids is 1. The Labute approximate surface area is 112 Å². The number of benzene rings is 1. The van der Waals surface area contributed by atoms with E-state index in [0.717, 1.165) is 0 Å². The third kappa shape index (κ3) is 5.90. The normalized spacial score (nSPS) is 10.3. The molecule has 0 aromatic heterocycles. The molecule has 1 rings (SSSR count). The second-order valence-corrected chi connectivity index (χ2v) is 4.48. The highest BCUT2D eigenvalue weighted by molar-refractivity contribution is 5.78. The summed E-state index contributed by atoms with van der Waals surface area (Å²) in [5, 5.41) is 12.6. The van der Waals surface area contributed by atoms with Crippen LogP contribution in [0.5, 0.6) is 5.75 Å². The number of rotatable bonds is 7. The summed E-state index contributed by atoms with van der Waals surface area (Å²) in [4.78, 5) is 21.5. The Kier molecular flexibility index (Phi) is 5.85. The number of hydrogen-bond donors (Lipinski definition) is 1. The SMILES string of the molecule is CC(C)c1ccc(OCC(=O)NCCC(=O)[O-])cc1. The van der Waals surface area contributed by atoms with E-state index in [1.54, 1.807) is 0 Å². The first-order chi connectivity index (χ1) is 8.99. The third-order valence-corrected chi connectivity index (χ3v) is 2.57. The molecule has 0 radical (unpaired) electrons. The van der Waals surface area contributed by atoms with Crippen LogP contribution in [0.4, 0.5) is 0 Å². The molecule has 0 spiro atoms. The first kappa shape index (κ1) is 15.0. The Balaban J connectivity index is 2.31. The Morgan fingerprint density at radius 2 is 1.89 bits per heavy atom. The summed E-state index contributed by atoms with van der Waals surface area (Å²) in [6.45, 7) is 4.12. The molecule has 5 nitrogen and oxygen atoms in total. The molecular formula is C14H18NO4-. The van der Waals surface area contributed by atoms with Crippen LogP contribution < -0.4 is 15.2 Å². The Bertz CT molecular complexity index is 426. The van der Waals surface area contributed by atoms with Gasteiger partial charge in [0.05, 0.1) is 0 Å². The first-order valence-corrected chi connectivity index (χ1v) is 6.18. The number of hydrogen-bond acceptors (Lipinski definition) is 4. The maximum Gasteiger partial charge on any atom is 0.257 e. The van der Waals surface area contributed by atoms with E-state index in [9.17, 15) is 14.7 Å². The maximum atomic E-state index is 11.3. The van der Waals surface area contributed by atoms with Crippen LogP contribution in [0.25, 0.3) is 0 Å². The summed E-state index contributed by atoms with van der Waals surface area (Å²) in [5.74, 6) is -0.485. The van der Waals surface area contributed by atoms with Gasteiger partial charge in [-0.3, -0.25) is 4.79 Å². The second kappa shape index (κ2) is 7.41. The summed E-state index contributed by atoms with van der Waals surface area (Å²) in [6, 6.07) is 7.52. The first-order valence-electron chi connectivity index (χ1n) is 6.18. The summed E-state index contributed by atoms with van der Waals surface area (Å²) in [7, 11) is 0. The van der Waals surface area contributed by atoms with E-state index in [0.29, 0.717) is 11.7 Å². The fraction of sp³-hybridized carbons (Fsp3) is 0.429.